The fraction of sp³-hybridized carbons (Fsp3) is 0.381. The zero-order valence-electron chi connectivity index (χ0n) is 29.6. The van der Waals surface area contributed by atoms with Gasteiger partial charge in [-0.05, 0) is 96.6 Å². The van der Waals surface area contributed by atoms with Crippen molar-refractivity contribution in [3.8, 4) is 23.0 Å². The van der Waals surface area contributed by atoms with Crippen molar-refractivity contribution in [3.63, 3.8) is 0 Å². The van der Waals surface area contributed by atoms with E-state index in [2.05, 4.69) is 96.5 Å². The van der Waals surface area contributed by atoms with Crippen molar-refractivity contribution in [2.45, 2.75) is 79.1 Å². The van der Waals surface area contributed by atoms with Gasteiger partial charge < -0.3 is 18.9 Å². The number of para-hydroxylation sites is 2. The Bertz CT molecular complexity index is 1760. The highest BCUT2D eigenvalue weighted by Crippen LogP contribution is 2.41. The lowest BCUT2D eigenvalue weighted by molar-refractivity contribution is 0.304. The Kier molecular flexibility index (Phi) is 13.8. The molecule has 0 unspecified atom stereocenters. The highest BCUT2D eigenvalue weighted by atomic mass is 32.1. The molecule has 0 atom stereocenters. The molecule has 5 rings (SSSR count). The Hall–Kier alpha value is -4.32. The molecule has 0 spiro atoms. The molecule has 0 aromatic heterocycles. The second kappa shape index (κ2) is 18.6. The molecular formula is C42H46N2O4S2. The fourth-order valence-electron chi connectivity index (χ4n) is 6.44. The van der Waals surface area contributed by atoms with Crippen LogP contribution in [0.15, 0.2) is 70.6 Å². The zero-order chi connectivity index (χ0) is 35.3. The Morgan fingerprint density at radius 2 is 0.720 bits per heavy atom. The monoisotopic (exact) mass is 706 g/mol. The molecule has 0 aliphatic heterocycles. The van der Waals surface area contributed by atoms with Gasteiger partial charge in [0.25, 0.3) is 0 Å². The minimum absolute atomic E-state index is 0.512. The van der Waals surface area contributed by atoms with Gasteiger partial charge in [-0.25, -0.2) is 0 Å². The molecule has 0 radical (unpaired) electrons. The average molecular weight is 707 g/mol. The average Bonchev–Trinajstić information content (AvgIpc) is 3.10. The molecule has 0 fully saturated rings. The van der Waals surface area contributed by atoms with Crippen molar-refractivity contribution < 1.29 is 18.9 Å². The normalized spacial score (nSPS) is 11.9. The molecule has 0 heterocycles. The van der Waals surface area contributed by atoms with E-state index in [1.165, 1.54) is 0 Å². The third-order valence-electron chi connectivity index (χ3n) is 8.49. The summed E-state index contributed by atoms with van der Waals surface area (Å²) < 4.78 is 26.4. The van der Waals surface area contributed by atoms with Crippen LogP contribution in [0.25, 0.3) is 0 Å². The molecule has 6 nitrogen and oxygen atoms in total. The van der Waals surface area contributed by atoms with Crippen molar-refractivity contribution in [1.29, 1.82) is 0 Å². The van der Waals surface area contributed by atoms with Crippen LogP contribution >= 0.6 is 24.4 Å². The first kappa shape index (κ1) is 36.9. The van der Waals surface area contributed by atoms with E-state index in [1.54, 1.807) is 0 Å². The minimum Gasteiger partial charge on any atom is -0.493 e. The molecule has 50 heavy (non-hydrogen) atoms. The van der Waals surface area contributed by atoms with E-state index >= 15 is 0 Å². The Morgan fingerprint density at radius 1 is 0.460 bits per heavy atom. The Balaban J connectivity index is 1.86. The maximum absolute atomic E-state index is 6.61. The number of fused-ring (bicyclic) bond motifs is 8. The highest BCUT2D eigenvalue weighted by molar-refractivity contribution is 7.78. The van der Waals surface area contributed by atoms with Crippen molar-refractivity contribution >= 4 is 46.1 Å². The third kappa shape index (κ3) is 9.07. The van der Waals surface area contributed by atoms with Gasteiger partial charge in [-0.15, -0.1) is 0 Å². The quantitative estimate of drug-likeness (QED) is 0.0846. The molecule has 4 aromatic carbocycles. The molecule has 8 heteroatoms. The van der Waals surface area contributed by atoms with Crippen LogP contribution in [-0.2, 0) is 25.7 Å². The lowest BCUT2D eigenvalue weighted by Crippen LogP contribution is -2.10. The summed E-state index contributed by atoms with van der Waals surface area (Å²) in [5.41, 5.74) is 9.78. The van der Waals surface area contributed by atoms with Crippen molar-refractivity contribution in [1.82, 2.24) is 0 Å². The molecule has 1 aliphatic rings. The van der Waals surface area contributed by atoms with Gasteiger partial charge in [-0.1, -0.05) is 64.1 Å². The predicted molar refractivity (Wildman–Crippen MR) is 210 cm³/mol. The van der Waals surface area contributed by atoms with Crippen LogP contribution in [-0.4, -0.2) is 36.8 Å². The molecule has 0 saturated heterocycles. The van der Waals surface area contributed by atoms with Gasteiger partial charge in [0.15, 0.2) is 0 Å². The number of thiocarbonyl (C=S) groups is 2. The molecule has 1 aliphatic carbocycles. The minimum atomic E-state index is 0.512. The number of rotatable bonds is 14. The van der Waals surface area contributed by atoms with Gasteiger partial charge in [0.1, 0.15) is 23.0 Å². The standard InChI is InChI=1S/C42H46N2O4S2/c1-5-15-45-39-29-11-9-13-31(39)20-33-23-37(43-27-49)25-35(41(33)47-17-7-3)22-36-26-38(44-28-50)24-34(42(36)48-18-8-4)21-32-14-10-12-30(19-29)40(32)46-16-6-2/h9-14,23-26H,5-8,15-22H2,1-4H3. The van der Waals surface area contributed by atoms with Crippen LogP contribution in [0.5, 0.6) is 23.0 Å². The van der Waals surface area contributed by atoms with E-state index in [0.717, 1.165) is 105 Å². The summed E-state index contributed by atoms with van der Waals surface area (Å²) in [6.07, 6.45) is 5.86. The van der Waals surface area contributed by atoms with Gasteiger partial charge in [-0.3, -0.25) is 0 Å². The van der Waals surface area contributed by atoms with Gasteiger partial charge in [0.2, 0.25) is 0 Å². The molecule has 0 amide bonds. The first-order valence-corrected chi connectivity index (χ1v) is 18.5. The van der Waals surface area contributed by atoms with Gasteiger partial charge in [0.05, 0.1) is 48.1 Å². The van der Waals surface area contributed by atoms with E-state index < -0.39 is 0 Å². The maximum atomic E-state index is 6.61. The summed E-state index contributed by atoms with van der Waals surface area (Å²) in [5, 5.41) is 5.16. The predicted octanol–water partition coefficient (Wildman–Crippen LogP) is 11.0. The van der Waals surface area contributed by atoms with Crippen LogP contribution < -0.4 is 18.9 Å². The summed E-state index contributed by atoms with van der Waals surface area (Å²) in [5.74, 6) is 3.48. The fourth-order valence-corrected chi connectivity index (χ4v) is 6.65. The van der Waals surface area contributed by atoms with Crippen LogP contribution in [0.3, 0.4) is 0 Å². The van der Waals surface area contributed by atoms with E-state index in [9.17, 15) is 0 Å². The largest absolute Gasteiger partial charge is 0.493 e. The number of aliphatic imine (C=N–C) groups is 2. The summed E-state index contributed by atoms with van der Waals surface area (Å²) in [7, 11) is 0. The first-order valence-electron chi connectivity index (χ1n) is 17.7. The number of isothiocyanates is 2. The van der Waals surface area contributed by atoms with Crippen molar-refractivity contribution in [3.05, 3.63) is 105 Å². The van der Waals surface area contributed by atoms with E-state index in [0.29, 0.717) is 52.1 Å². The lowest BCUT2D eigenvalue weighted by Gasteiger charge is -2.23. The molecule has 0 N–H and O–H groups in total. The van der Waals surface area contributed by atoms with Gasteiger partial charge >= 0.3 is 0 Å². The molecule has 4 aromatic rings. The number of nitrogens with zero attached hydrogens (tertiary/aromatic N) is 2. The summed E-state index contributed by atoms with van der Waals surface area (Å²) in [4.78, 5) is 8.91. The smallest absolute Gasteiger partial charge is 0.126 e. The molecular weight excluding hydrogens is 661 g/mol. The lowest BCUT2D eigenvalue weighted by atomic mass is 9.90. The van der Waals surface area contributed by atoms with Gasteiger partial charge in [-0.2, -0.15) is 9.98 Å². The maximum Gasteiger partial charge on any atom is 0.126 e. The van der Waals surface area contributed by atoms with Crippen LogP contribution in [0.4, 0.5) is 11.4 Å². The SMILES string of the molecule is CCCOc1c2cccc1Cc1cc(N=C=S)cc(c1OCCC)Cc1cc(N=C=S)cc(c1OCCC)Cc1cccc(c1OCCC)C2. The van der Waals surface area contributed by atoms with E-state index in [-0.39, 0.29) is 0 Å². The van der Waals surface area contributed by atoms with Crippen LogP contribution in [0.2, 0.25) is 0 Å². The number of hydrogen-bond donors (Lipinski definition) is 0. The van der Waals surface area contributed by atoms with Crippen LogP contribution in [0.1, 0.15) is 97.9 Å². The molecule has 0 saturated carbocycles. The van der Waals surface area contributed by atoms with Crippen LogP contribution in [0, 0.1) is 0 Å². The number of benzene rings is 4. The third-order valence-corrected chi connectivity index (χ3v) is 8.67. The second-order valence-corrected chi connectivity index (χ2v) is 12.9. The highest BCUT2D eigenvalue weighted by Gasteiger charge is 2.23. The number of ether oxygens (including phenoxy) is 4. The molecule has 260 valence electrons. The Labute approximate surface area is 307 Å². The van der Waals surface area contributed by atoms with Crippen molar-refractivity contribution in [2.75, 3.05) is 26.4 Å². The topological polar surface area (TPSA) is 61.6 Å². The van der Waals surface area contributed by atoms with Gasteiger partial charge in [0, 0.05) is 47.9 Å². The Morgan fingerprint density at radius 3 is 1.00 bits per heavy atom. The summed E-state index contributed by atoms with van der Waals surface area (Å²) in [6.45, 7) is 10.9. The summed E-state index contributed by atoms with van der Waals surface area (Å²) in [6, 6.07) is 21.1. The second-order valence-electron chi connectivity index (χ2n) is 12.5. The zero-order valence-corrected chi connectivity index (χ0v) is 31.2. The summed E-state index contributed by atoms with van der Waals surface area (Å²) >= 11 is 10.2. The van der Waals surface area contributed by atoms with E-state index in [4.69, 9.17) is 43.4 Å². The first-order chi connectivity index (χ1) is 24.5. The van der Waals surface area contributed by atoms with E-state index in [1.807, 2.05) is 12.1 Å². The number of hydrogen-bond acceptors (Lipinski definition) is 8. The van der Waals surface area contributed by atoms with Crippen molar-refractivity contribution in [2.24, 2.45) is 9.98 Å². The molecule has 8 bridgehead atoms.